The van der Waals surface area contributed by atoms with Crippen molar-refractivity contribution in [3.8, 4) is 0 Å². The second kappa shape index (κ2) is 68.4. The van der Waals surface area contributed by atoms with Gasteiger partial charge in [0.15, 0.2) is 0 Å². The molecular formula is H6CrO4Sr. The van der Waals surface area contributed by atoms with Gasteiger partial charge in [-0.3, -0.25) is 0 Å². The summed E-state index contributed by atoms with van der Waals surface area (Å²) in [6.07, 6.45) is 0. The Balaban J connectivity index is 0. The van der Waals surface area contributed by atoms with Crippen LogP contribution in [0.1, 0.15) is 0 Å². The van der Waals surface area contributed by atoms with Crippen LogP contribution in [-0.4, -0.2) is 67.4 Å². The van der Waals surface area contributed by atoms with Crippen LogP contribution in [0.25, 0.3) is 0 Å². The minimum atomic E-state index is 0. The van der Waals surface area contributed by atoms with E-state index < -0.39 is 0 Å². The van der Waals surface area contributed by atoms with E-state index in [1.54, 1.807) is 0 Å². The van der Waals surface area contributed by atoms with Crippen LogP contribution < -0.4 is 0 Å². The van der Waals surface area contributed by atoms with E-state index in [4.69, 9.17) is 0 Å². The van der Waals surface area contributed by atoms with Gasteiger partial charge in [0.2, 0.25) is 0 Å². The summed E-state index contributed by atoms with van der Waals surface area (Å²) < 4.78 is 0. The molecule has 0 saturated heterocycles. The number of hydrogen-bond acceptors (Lipinski definition) is 2. The topological polar surface area (TPSA) is 123 Å². The first-order valence-electron chi connectivity index (χ1n) is 0. The third-order valence-corrected chi connectivity index (χ3v) is 0. The summed E-state index contributed by atoms with van der Waals surface area (Å²) in [5, 5.41) is 0. The van der Waals surface area contributed by atoms with Gasteiger partial charge in [-0.1, -0.05) is 0 Å². The van der Waals surface area contributed by atoms with E-state index in [0.29, 0.717) is 0 Å². The average Bonchev–Trinajstić information content (AvgIpc) is 0. The Kier molecular flexibility index (Phi) is 1220. The van der Waals surface area contributed by atoms with Crippen LogP contribution in [-0.2, 0) is 17.4 Å². The molecule has 4 nitrogen and oxygen atoms in total. The van der Waals surface area contributed by atoms with E-state index in [0.717, 1.165) is 0 Å². The molecule has 0 rings (SSSR count). The fraction of sp³-hybridized carbons (Fsp3) is 0. The molecule has 0 fully saturated rings. The average molecular weight is 210 g/mol. The van der Waals surface area contributed by atoms with Gasteiger partial charge in [0.1, 0.15) is 0 Å². The van der Waals surface area contributed by atoms with Crippen LogP contribution >= 0.6 is 0 Å². The largest absolute Gasteiger partial charge is 2.00 e. The molecule has 0 amide bonds. The van der Waals surface area contributed by atoms with Crippen LogP contribution in [0.5, 0.6) is 0 Å². The maximum atomic E-state index is 0. The molecule has 0 aliphatic carbocycles. The molecule has 0 atom stereocenters. The third-order valence-electron chi connectivity index (χ3n) is 0. The molecule has 0 spiro atoms. The van der Waals surface area contributed by atoms with E-state index in [-0.39, 0.29) is 84.7 Å². The Morgan fingerprint density at radius 3 is 0.667 bits per heavy atom. The van der Waals surface area contributed by atoms with Gasteiger partial charge >= 0.3 is 17.4 Å². The zero-order valence-corrected chi connectivity index (χ0v) is 7.76. The fourth-order valence-corrected chi connectivity index (χ4v) is 0. The first-order valence-corrected chi connectivity index (χ1v) is 0. The summed E-state index contributed by atoms with van der Waals surface area (Å²) in [5.41, 5.74) is 0. The Morgan fingerprint density at radius 2 is 0.667 bits per heavy atom. The van der Waals surface area contributed by atoms with Gasteiger partial charge in [-0.15, -0.1) is 0 Å². The van der Waals surface area contributed by atoms with Crippen molar-refractivity contribution >= 4 is 45.5 Å². The molecule has 0 aliphatic heterocycles. The summed E-state index contributed by atoms with van der Waals surface area (Å²) in [6, 6.07) is 0. The first kappa shape index (κ1) is 107. The maximum absolute atomic E-state index is 0. The molecule has 0 aromatic carbocycles. The van der Waals surface area contributed by atoms with Crippen molar-refractivity contribution in [1.82, 2.24) is 0 Å². The van der Waals surface area contributed by atoms with Gasteiger partial charge in [0.05, 0.1) is 0 Å². The van der Waals surface area contributed by atoms with Crippen LogP contribution in [0.2, 0.25) is 0 Å². The quantitative estimate of drug-likeness (QED) is 0.413. The zero-order valence-electron chi connectivity index (χ0n) is 3.01. The van der Waals surface area contributed by atoms with E-state index in [9.17, 15) is 0 Å². The molecule has 6 N–H and O–H groups in total. The molecular weight excluding hydrogens is 204 g/mol. The molecule has 0 heterocycles. The maximum Gasteiger partial charge on any atom is 2.00 e. The smallest absolute Gasteiger partial charge is 0.870 e. The molecule has 0 unspecified atom stereocenters. The van der Waals surface area contributed by atoms with E-state index in [2.05, 4.69) is 0 Å². The van der Waals surface area contributed by atoms with Crippen LogP contribution in [0.15, 0.2) is 0 Å². The molecule has 0 aliphatic rings. The van der Waals surface area contributed by atoms with Gasteiger partial charge < -0.3 is 21.9 Å². The summed E-state index contributed by atoms with van der Waals surface area (Å²) in [6.45, 7) is 0. The van der Waals surface area contributed by atoms with Gasteiger partial charge in [0.25, 0.3) is 0 Å². The molecule has 0 saturated carbocycles. The Morgan fingerprint density at radius 1 is 0.667 bits per heavy atom. The van der Waals surface area contributed by atoms with Crippen molar-refractivity contribution in [2.75, 3.05) is 0 Å². The Hall–Kier alpha value is 1.85. The molecule has 0 aromatic heterocycles. The normalized spacial score (nSPS) is 0. The standard InChI is InChI=1S/Cr.4H2O.Sr/h;4*1H2;/q+2;;;;;/p-2. The van der Waals surface area contributed by atoms with Gasteiger partial charge in [0, 0.05) is 45.5 Å². The minimum Gasteiger partial charge on any atom is -0.870 e. The molecule has 38 valence electrons. The van der Waals surface area contributed by atoms with Gasteiger partial charge in [-0.2, -0.15) is 0 Å². The van der Waals surface area contributed by atoms with Gasteiger partial charge in [-0.05, 0) is 0 Å². The predicted octanol–water partition coefficient (Wildman–Crippen LogP) is -2.39. The molecule has 0 aromatic rings. The SMILES string of the molecule is O.O.[Cr+2].[OH-].[OH-].[Sr]. The number of hydrogen-bond donors (Lipinski definition) is 0. The van der Waals surface area contributed by atoms with Crippen molar-refractivity contribution in [1.29, 1.82) is 0 Å². The van der Waals surface area contributed by atoms with Crippen molar-refractivity contribution in [2.24, 2.45) is 0 Å². The van der Waals surface area contributed by atoms with Crippen LogP contribution in [0.3, 0.4) is 0 Å². The fourth-order valence-electron chi connectivity index (χ4n) is 0. The van der Waals surface area contributed by atoms with Gasteiger partial charge in [-0.25, -0.2) is 0 Å². The predicted molar refractivity (Wildman–Crippen MR) is 16.9 cm³/mol. The minimum absolute atomic E-state index is 0. The van der Waals surface area contributed by atoms with E-state index >= 15 is 0 Å². The first-order chi connectivity index (χ1) is 0. The molecule has 0 bridgehead atoms. The Labute approximate surface area is 83.6 Å². The zero-order chi connectivity index (χ0) is 0. The Bertz CT molecular complexity index is 7.51. The molecule has 2 radical (unpaired) electrons. The number of rotatable bonds is 0. The van der Waals surface area contributed by atoms with E-state index in [1.165, 1.54) is 0 Å². The van der Waals surface area contributed by atoms with Crippen molar-refractivity contribution in [2.45, 2.75) is 0 Å². The summed E-state index contributed by atoms with van der Waals surface area (Å²) in [7, 11) is 0. The van der Waals surface area contributed by atoms with Crippen LogP contribution in [0, 0.1) is 0 Å². The summed E-state index contributed by atoms with van der Waals surface area (Å²) >= 11 is 0. The second-order valence-corrected chi connectivity index (χ2v) is 0. The second-order valence-electron chi connectivity index (χ2n) is 0. The summed E-state index contributed by atoms with van der Waals surface area (Å²) in [5.74, 6) is 0. The van der Waals surface area contributed by atoms with Crippen molar-refractivity contribution in [3.05, 3.63) is 0 Å². The van der Waals surface area contributed by atoms with Crippen molar-refractivity contribution in [3.63, 3.8) is 0 Å². The van der Waals surface area contributed by atoms with E-state index in [1.807, 2.05) is 0 Å². The van der Waals surface area contributed by atoms with Crippen LogP contribution in [0.4, 0.5) is 0 Å². The third kappa shape index (κ3) is 40.1. The molecule has 6 heavy (non-hydrogen) atoms. The monoisotopic (exact) mass is 210 g/mol. The summed E-state index contributed by atoms with van der Waals surface area (Å²) in [4.78, 5) is 0. The molecule has 6 heteroatoms. The van der Waals surface area contributed by atoms with Crippen molar-refractivity contribution < 1.29 is 39.3 Å².